The summed E-state index contributed by atoms with van der Waals surface area (Å²) in [6.45, 7) is 6.70. The third-order valence-corrected chi connectivity index (χ3v) is 4.12. The number of carbonyl (C=O) groups is 1. The predicted octanol–water partition coefficient (Wildman–Crippen LogP) is 4.27. The summed E-state index contributed by atoms with van der Waals surface area (Å²) in [6.07, 6.45) is 0. The molecule has 0 bridgehead atoms. The molecule has 0 radical (unpaired) electrons. The Morgan fingerprint density at radius 1 is 0.885 bits per heavy atom. The minimum atomic E-state index is -0.269. The maximum absolute atomic E-state index is 12.3. The van der Waals surface area contributed by atoms with Crippen LogP contribution in [0, 0.1) is 20.8 Å². The number of hydrogen-bond acceptors (Lipinski definition) is 4. The molecule has 2 N–H and O–H groups in total. The fourth-order valence-electron chi connectivity index (χ4n) is 2.59. The zero-order chi connectivity index (χ0) is 18.5. The second kappa shape index (κ2) is 7.78. The van der Waals surface area contributed by atoms with Gasteiger partial charge in [-0.05, 0) is 50.1 Å². The normalized spacial score (nSPS) is 10.4. The van der Waals surface area contributed by atoms with Crippen LogP contribution in [-0.2, 0) is 6.54 Å². The lowest BCUT2D eigenvalue weighted by Crippen LogP contribution is -2.15. The molecule has 0 aliphatic carbocycles. The van der Waals surface area contributed by atoms with E-state index >= 15 is 0 Å². The van der Waals surface area contributed by atoms with Crippen LogP contribution in [0.2, 0.25) is 0 Å². The lowest BCUT2D eigenvalue weighted by molar-refractivity contribution is 0.102. The van der Waals surface area contributed by atoms with Crippen LogP contribution in [-0.4, -0.2) is 16.1 Å². The van der Waals surface area contributed by atoms with Crippen LogP contribution in [0.25, 0.3) is 0 Å². The number of hydrogen-bond donors (Lipinski definition) is 2. The molecular weight excluding hydrogens is 324 g/mol. The molecule has 2 aromatic carbocycles. The lowest BCUT2D eigenvalue weighted by Gasteiger charge is -2.09. The van der Waals surface area contributed by atoms with E-state index in [0.717, 1.165) is 22.4 Å². The van der Waals surface area contributed by atoms with Crippen LogP contribution >= 0.6 is 0 Å². The van der Waals surface area contributed by atoms with Gasteiger partial charge in [-0.15, -0.1) is 10.2 Å². The molecule has 0 atom stereocenters. The Hall–Kier alpha value is -3.21. The van der Waals surface area contributed by atoms with E-state index in [0.29, 0.717) is 12.4 Å². The van der Waals surface area contributed by atoms with E-state index in [-0.39, 0.29) is 11.6 Å². The lowest BCUT2D eigenvalue weighted by atomic mass is 10.1. The van der Waals surface area contributed by atoms with Crippen molar-refractivity contribution in [3.05, 3.63) is 82.5 Å². The highest BCUT2D eigenvalue weighted by atomic mass is 16.1. The van der Waals surface area contributed by atoms with E-state index in [4.69, 9.17) is 0 Å². The largest absolute Gasteiger partial charge is 0.365 e. The number of nitrogens with one attached hydrogen (secondary N) is 2. The van der Waals surface area contributed by atoms with E-state index in [1.165, 1.54) is 5.56 Å². The third-order valence-electron chi connectivity index (χ3n) is 4.12. The molecular formula is C21H22N4O. The average Bonchev–Trinajstić information content (AvgIpc) is 2.64. The van der Waals surface area contributed by atoms with Crippen molar-refractivity contribution in [2.24, 2.45) is 0 Å². The van der Waals surface area contributed by atoms with Crippen LogP contribution in [0.1, 0.15) is 32.7 Å². The van der Waals surface area contributed by atoms with Crippen LogP contribution in [0.4, 0.5) is 11.5 Å². The first kappa shape index (κ1) is 17.6. The predicted molar refractivity (Wildman–Crippen MR) is 104 cm³/mol. The highest BCUT2D eigenvalue weighted by molar-refractivity contribution is 6.03. The van der Waals surface area contributed by atoms with Crippen molar-refractivity contribution in [3.63, 3.8) is 0 Å². The molecule has 0 spiro atoms. The standard InChI is InChI=1S/C21H22N4O/c1-14-4-7-17(8-5-14)13-22-20-11-10-19(24-25-20)21(26)23-18-9-6-15(2)12-16(18)3/h4-12H,13H2,1-3H3,(H,22,25)(H,23,26). The van der Waals surface area contributed by atoms with Gasteiger partial charge in [-0.25, -0.2) is 0 Å². The molecule has 0 aliphatic rings. The molecule has 0 saturated heterocycles. The fraction of sp³-hybridized carbons (Fsp3) is 0.190. The molecule has 5 heteroatoms. The SMILES string of the molecule is Cc1ccc(CNc2ccc(C(=O)Nc3ccc(C)cc3C)nn2)cc1. The van der Waals surface area contributed by atoms with Gasteiger partial charge in [0.1, 0.15) is 5.82 Å². The maximum Gasteiger partial charge on any atom is 0.276 e. The van der Waals surface area contributed by atoms with Crippen molar-refractivity contribution in [2.75, 3.05) is 10.6 Å². The van der Waals surface area contributed by atoms with Crippen LogP contribution in [0.3, 0.4) is 0 Å². The molecule has 132 valence electrons. The summed E-state index contributed by atoms with van der Waals surface area (Å²) in [5.74, 6) is 0.364. The number of benzene rings is 2. The summed E-state index contributed by atoms with van der Waals surface area (Å²) in [5.41, 5.74) is 5.63. The number of aryl methyl sites for hydroxylation is 3. The van der Waals surface area contributed by atoms with Crippen molar-refractivity contribution < 1.29 is 4.79 Å². The first-order valence-electron chi connectivity index (χ1n) is 8.53. The maximum atomic E-state index is 12.3. The second-order valence-electron chi connectivity index (χ2n) is 6.42. The molecule has 3 aromatic rings. The molecule has 0 unspecified atom stereocenters. The van der Waals surface area contributed by atoms with Gasteiger partial charge < -0.3 is 10.6 Å². The van der Waals surface area contributed by atoms with Gasteiger partial charge in [0.25, 0.3) is 5.91 Å². The first-order valence-corrected chi connectivity index (χ1v) is 8.53. The molecule has 1 heterocycles. The fourth-order valence-corrected chi connectivity index (χ4v) is 2.59. The van der Waals surface area contributed by atoms with Crippen molar-refractivity contribution in [2.45, 2.75) is 27.3 Å². The summed E-state index contributed by atoms with van der Waals surface area (Å²) >= 11 is 0. The van der Waals surface area contributed by atoms with Crippen LogP contribution in [0.15, 0.2) is 54.6 Å². The smallest absolute Gasteiger partial charge is 0.276 e. The van der Waals surface area contributed by atoms with Gasteiger partial charge >= 0.3 is 0 Å². The number of anilines is 2. The summed E-state index contributed by atoms with van der Waals surface area (Å²) < 4.78 is 0. The highest BCUT2D eigenvalue weighted by Crippen LogP contribution is 2.17. The van der Waals surface area contributed by atoms with E-state index < -0.39 is 0 Å². The van der Waals surface area contributed by atoms with E-state index in [1.54, 1.807) is 12.1 Å². The Kier molecular flexibility index (Phi) is 5.27. The van der Waals surface area contributed by atoms with E-state index in [2.05, 4.69) is 52.0 Å². The molecule has 1 aromatic heterocycles. The zero-order valence-corrected chi connectivity index (χ0v) is 15.2. The van der Waals surface area contributed by atoms with E-state index in [1.807, 2.05) is 32.0 Å². The van der Waals surface area contributed by atoms with Crippen LogP contribution < -0.4 is 10.6 Å². The summed E-state index contributed by atoms with van der Waals surface area (Å²) in [6, 6.07) is 17.6. The van der Waals surface area contributed by atoms with Gasteiger partial charge in [0.05, 0.1) is 0 Å². The summed E-state index contributed by atoms with van der Waals surface area (Å²) in [7, 11) is 0. The number of rotatable bonds is 5. The number of aromatic nitrogens is 2. The van der Waals surface area contributed by atoms with Gasteiger partial charge in [0.15, 0.2) is 5.69 Å². The third kappa shape index (κ3) is 4.45. The highest BCUT2D eigenvalue weighted by Gasteiger charge is 2.10. The van der Waals surface area contributed by atoms with Gasteiger partial charge in [-0.3, -0.25) is 4.79 Å². The minimum absolute atomic E-state index is 0.269. The average molecular weight is 346 g/mol. The van der Waals surface area contributed by atoms with Crippen molar-refractivity contribution in [1.29, 1.82) is 0 Å². The van der Waals surface area contributed by atoms with Gasteiger partial charge in [-0.2, -0.15) is 0 Å². The van der Waals surface area contributed by atoms with Gasteiger partial charge in [0, 0.05) is 12.2 Å². The Bertz CT molecular complexity index is 902. The molecule has 26 heavy (non-hydrogen) atoms. The Morgan fingerprint density at radius 3 is 2.27 bits per heavy atom. The van der Waals surface area contributed by atoms with Crippen molar-refractivity contribution in [1.82, 2.24) is 10.2 Å². The molecule has 0 saturated carbocycles. The number of nitrogens with zero attached hydrogens (tertiary/aromatic N) is 2. The summed E-state index contributed by atoms with van der Waals surface area (Å²) in [4.78, 5) is 12.3. The van der Waals surface area contributed by atoms with Gasteiger partial charge in [0.2, 0.25) is 0 Å². The number of amides is 1. The molecule has 5 nitrogen and oxygen atoms in total. The molecule has 0 aliphatic heterocycles. The first-order chi connectivity index (χ1) is 12.5. The molecule has 0 fully saturated rings. The minimum Gasteiger partial charge on any atom is -0.365 e. The van der Waals surface area contributed by atoms with Crippen molar-refractivity contribution >= 4 is 17.4 Å². The van der Waals surface area contributed by atoms with Gasteiger partial charge in [-0.1, -0.05) is 47.5 Å². The second-order valence-corrected chi connectivity index (χ2v) is 6.42. The Labute approximate surface area is 153 Å². The number of carbonyl (C=O) groups excluding carboxylic acids is 1. The monoisotopic (exact) mass is 346 g/mol. The zero-order valence-electron chi connectivity index (χ0n) is 15.2. The Balaban J connectivity index is 1.61. The Morgan fingerprint density at radius 2 is 1.62 bits per heavy atom. The molecule has 1 amide bonds. The quantitative estimate of drug-likeness (QED) is 0.724. The van der Waals surface area contributed by atoms with E-state index in [9.17, 15) is 4.79 Å². The van der Waals surface area contributed by atoms with Crippen LogP contribution in [0.5, 0.6) is 0 Å². The van der Waals surface area contributed by atoms with Crippen molar-refractivity contribution in [3.8, 4) is 0 Å². The topological polar surface area (TPSA) is 66.9 Å². The summed E-state index contributed by atoms with van der Waals surface area (Å²) in [5, 5.41) is 14.2. The molecule has 3 rings (SSSR count).